The van der Waals surface area contributed by atoms with E-state index < -0.39 is 15.8 Å². The highest BCUT2D eigenvalue weighted by atomic mass is 79.9. The van der Waals surface area contributed by atoms with Gasteiger partial charge in [-0.2, -0.15) is 0 Å². The van der Waals surface area contributed by atoms with E-state index in [1.807, 2.05) is 6.07 Å². The molecule has 0 aliphatic heterocycles. The lowest BCUT2D eigenvalue weighted by Crippen LogP contribution is -2.19. The lowest BCUT2D eigenvalue weighted by Gasteiger charge is -2.13. The van der Waals surface area contributed by atoms with Crippen molar-refractivity contribution in [1.29, 1.82) is 0 Å². The van der Waals surface area contributed by atoms with Crippen LogP contribution >= 0.6 is 15.9 Å². The summed E-state index contributed by atoms with van der Waals surface area (Å²) in [6, 6.07) is 20.6. The van der Waals surface area contributed by atoms with Crippen LogP contribution in [0.1, 0.15) is 40.2 Å². The summed E-state index contributed by atoms with van der Waals surface area (Å²) in [5, 5.41) is 3.25. The Kier molecular flexibility index (Phi) is 8.17. The molecule has 1 amide bonds. The largest absolute Gasteiger partial charge is 0.457 e. The number of carbonyl (C=O) groups is 1. The maximum atomic E-state index is 13.9. The van der Waals surface area contributed by atoms with Crippen molar-refractivity contribution >= 4 is 48.5 Å². The van der Waals surface area contributed by atoms with Gasteiger partial charge in [0.25, 0.3) is 5.91 Å². The van der Waals surface area contributed by atoms with Crippen molar-refractivity contribution in [3.05, 3.63) is 112 Å². The molecule has 1 aromatic heterocycles. The van der Waals surface area contributed by atoms with Crippen LogP contribution in [0.15, 0.2) is 87.8 Å². The highest BCUT2D eigenvalue weighted by molar-refractivity contribution is 9.10. The number of nitrogens with one attached hydrogen (secondary N) is 2. The Morgan fingerprint density at radius 3 is 2.30 bits per heavy atom. The zero-order valence-corrected chi connectivity index (χ0v) is 25.9. The van der Waals surface area contributed by atoms with Gasteiger partial charge in [0.05, 0.1) is 21.5 Å². The van der Waals surface area contributed by atoms with Crippen LogP contribution in [0, 0.1) is 11.6 Å². The fourth-order valence-electron chi connectivity index (χ4n) is 5.01. The summed E-state index contributed by atoms with van der Waals surface area (Å²) in [5.74, 6) is 0.0555. The monoisotopic (exact) mass is 680 g/mol. The van der Waals surface area contributed by atoms with E-state index in [1.54, 1.807) is 42.5 Å². The summed E-state index contributed by atoms with van der Waals surface area (Å²) in [5.41, 5.74) is 3.05. The maximum Gasteiger partial charge on any atom is 0.255 e. The van der Waals surface area contributed by atoms with Gasteiger partial charge in [-0.1, -0.05) is 6.07 Å². The Morgan fingerprint density at radius 1 is 0.977 bits per heavy atom. The van der Waals surface area contributed by atoms with Gasteiger partial charge in [-0.15, -0.1) is 0 Å². The molecule has 5 aromatic rings. The molecule has 1 aliphatic rings. The Balaban J connectivity index is 1.32. The molecule has 226 valence electrons. The van der Waals surface area contributed by atoms with Crippen LogP contribution in [0.25, 0.3) is 22.3 Å². The maximum absolute atomic E-state index is 13.9. The number of anilines is 1. The normalized spacial score (nSPS) is 13.2. The van der Waals surface area contributed by atoms with Gasteiger partial charge in [-0.3, -0.25) is 9.52 Å². The Morgan fingerprint density at radius 2 is 1.66 bits per heavy atom. The number of hydrogen-bond acceptors (Lipinski definition) is 5. The van der Waals surface area contributed by atoms with Crippen molar-refractivity contribution in [2.24, 2.45) is 0 Å². The summed E-state index contributed by atoms with van der Waals surface area (Å²) in [4.78, 5) is 13.1. The standard InChI is InChI=1S/C33H27BrF2N2O5S/c1-37-33(39)31-26-17-25(20-3-4-20)29(38-44(40,41)15-14-19-2-13-27(34)28(36)16-19)18-30(26)43-32(31)21-5-9-23(10-6-21)42-24-11-7-22(35)8-12-24/h2,5-13,16-18,20,38H,3-4,14-15H2,1H3,(H,37,39). The fraction of sp³-hybridized carbons (Fsp3) is 0.182. The van der Waals surface area contributed by atoms with Crippen molar-refractivity contribution in [3.63, 3.8) is 0 Å². The molecular formula is C33H27BrF2N2O5S. The molecule has 6 rings (SSSR count). The predicted molar refractivity (Wildman–Crippen MR) is 169 cm³/mol. The van der Waals surface area contributed by atoms with Crippen molar-refractivity contribution in [2.45, 2.75) is 25.2 Å². The van der Waals surface area contributed by atoms with Crippen molar-refractivity contribution in [2.75, 3.05) is 17.5 Å². The van der Waals surface area contributed by atoms with E-state index in [0.717, 1.165) is 18.4 Å². The summed E-state index contributed by atoms with van der Waals surface area (Å²) in [6.07, 6.45) is 1.93. The minimum Gasteiger partial charge on any atom is -0.457 e. The number of sulfonamides is 1. The van der Waals surface area contributed by atoms with Gasteiger partial charge >= 0.3 is 0 Å². The summed E-state index contributed by atoms with van der Waals surface area (Å²) in [7, 11) is -2.27. The molecule has 1 heterocycles. The average molecular weight is 682 g/mol. The number of amides is 1. The number of rotatable bonds is 10. The third kappa shape index (κ3) is 6.48. The molecule has 11 heteroatoms. The van der Waals surface area contributed by atoms with Crippen LogP contribution in [-0.4, -0.2) is 27.1 Å². The third-order valence-corrected chi connectivity index (χ3v) is 9.32. The zero-order chi connectivity index (χ0) is 31.0. The van der Waals surface area contributed by atoms with Crippen LogP contribution in [0.2, 0.25) is 0 Å². The van der Waals surface area contributed by atoms with E-state index in [4.69, 9.17) is 9.15 Å². The summed E-state index contributed by atoms with van der Waals surface area (Å²) < 4.78 is 68.5. The predicted octanol–water partition coefficient (Wildman–Crippen LogP) is 8.15. The zero-order valence-electron chi connectivity index (χ0n) is 23.5. The molecule has 0 spiro atoms. The number of benzene rings is 4. The Hall–Kier alpha value is -4.22. The minimum atomic E-state index is -3.80. The lowest BCUT2D eigenvalue weighted by atomic mass is 10.0. The second kappa shape index (κ2) is 12.0. The van der Waals surface area contributed by atoms with E-state index >= 15 is 0 Å². The van der Waals surface area contributed by atoms with Crippen molar-refractivity contribution in [1.82, 2.24) is 5.32 Å². The first-order valence-corrected chi connectivity index (χ1v) is 16.4. The first kappa shape index (κ1) is 29.8. The Bertz CT molecular complexity index is 1970. The number of fused-ring (bicyclic) bond motifs is 1. The van der Waals surface area contributed by atoms with Gasteiger partial charge in [-0.25, -0.2) is 17.2 Å². The Labute approximate surface area is 261 Å². The average Bonchev–Trinajstić information content (AvgIpc) is 3.79. The fourth-order valence-corrected chi connectivity index (χ4v) is 6.38. The number of halogens is 3. The second-order valence-electron chi connectivity index (χ2n) is 10.6. The van der Waals surface area contributed by atoms with Crippen molar-refractivity contribution < 1.29 is 31.1 Å². The molecule has 0 bridgehead atoms. The van der Waals surface area contributed by atoms with Crippen molar-refractivity contribution in [3.8, 4) is 22.8 Å². The topological polar surface area (TPSA) is 97.6 Å². The van der Waals surface area contributed by atoms with Crippen LogP contribution in [-0.2, 0) is 16.4 Å². The highest BCUT2D eigenvalue weighted by Crippen LogP contribution is 2.47. The molecule has 0 radical (unpaired) electrons. The number of ether oxygens (including phenoxy) is 1. The van der Waals surface area contributed by atoms with Gasteiger partial charge in [0.1, 0.15) is 34.5 Å². The van der Waals surface area contributed by atoms with Crippen LogP contribution in [0.4, 0.5) is 14.5 Å². The minimum absolute atomic E-state index is 0.132. The SMILES string of the molecule is CNC(=O)c1c(-c2ccc(Oc3ccc(F)cc3)cc2)oc2cc(NS(=O)(=O)CCc3ccc(Br)c(F)c3)c(C3CC3)cc12. The van der Waals surface area contributed by atoms with Crippen LogP contribution in [0.5, 0.6) is 11.5 Å². The first-order chi connectivity index (χ1) is 21.1. The van der Waals surface area contributed by atoms with Gasteiger partial charge < -0.3 is 14.5 Å². The molecule has 7 nitrogen and oxygen atoms in total. The van der Waals surface area contributed by atoms with Crippen LogP contribution < -0.4 is 14.8 Å². The van der Waals surface area contributed by atoms with Gasteiger partial charge in [-0.05, 0) is 119 Å². The quantitative estimate of drug-likeness (QED) is 0.155. The van der Waals surface area contributed by atoms with Gasteiger partial charge in [0.15, 0.2) is 0 Å². The van der Waals surface area contributed by atoms with E-state index in [1.165, 1.54) is 37.4 Å². The molecule has 2 N–H and O–H groups in total. The highest BCUT2D eigenvalue weighted by Gasteiger charge is 2.31. The molecule has 1 aliphatic carbocycles. The number of hydrogen-bond donors (Lipinski definition) is 2. The summed E-state index contributed by atoms with van der Waals surface area (Å²) in [6.45, 7) is 0. The van der Waals surface area contributed by atoms with Gasteiger partial charge in [0, 0.05) is 24.1 Å². The molecule has 1 fully saturated rings. The molecule has 44 heavy (non-hydrogen) atoms. The molecule has 0 atom stereocenters. The smallest absolute Gasteiger partial charge is 0.255 e. The van der Waals surface area contributed by atoms with E-state index in [-0.39, 0.29) is 29.8 Å². The first-order valence-electron chi connectivity index (χ1n) is 13.9. The second-order valence-corrected chi connectivity index (χ2v) is 13.3. The molecule has 0 saturated heterocycles. The lowest BCUT2D eigenvalue weighted by molar-refractivity contribution is 0.0964. The third-order valence-electron chi connectivity index (χ3n) is 7.41. The number of furan rings is 1. The number of carbonyl (C=O) groups excluding carboxylic acids is 1. The molecule has 0 unspecified atom stereocenters. The molecular weight excluding hydrogens is 654 g/mol. The van der Waals surface area contributed by atoms with E-state index in [9.17, 15) is 22.0 Å². The van der Waals surface area contributed by atoms with Crippen LogP contribution in [0.3, 0.4) is 0 Å². The summed E-state index contributed by atoms with van der Waals surface area (Å²) >= 11 is 3.11. The molecule has 4 aromatic carbocycles. The molecule has 1 saturated carbocycles. The van der Waals surface area contributed by atoms with Gasteiger partial charge in [0.2, 0.25) is 10.0 Å². The van der Waals surface area contributed by atoms with E-state index in [2.05, 4.69) is 26.0 Å². The van der Waals surface area contributed by atoms with E-state index in [0.29, 0.717) is 55.1 Å². The number of aryl methyl sites for hydroxylation is 1.